The highest BCUT2D eigenvalue weighted by Crippen LogP contribution is 2.20. The number of hydrogen-bond acceptors (Lipinski definition) is 2. The topological polar surface area (TPSA) is 35.6 Å². The molecular weight excluding hydrogens is 319 g/mol. The first kappa shape index (κ1) is 18.6. The van der Waals surface area contributed by atoms with Gasteiger partial charge in [0.15, 0.2) is 0 Å². The van der Waals surface area contributed by atoms with Gasteiger partial charge in [0.1, 0.15) is 6.04 Å². The summed E-state index contributed by atoms with van der Waals surface area (Å²) in [5.41, 5.74) is 2.07. The van der Waals surface area contributed by atoms with E-state index in [1.54, 1.807) is 0 Å². The van der Waals surface area contributed by atoms with Gasteiger partial charge in [-0.1, -0.05) is 24.3 Å². The normalized spacial score (nSPS) is 16.9. The van der Waals surface area contributed by atoms with Crippen LogP contribution in [0.2, 0.25) is 0 Å². The predicted molar refractivity (Wildman–Crippen MR) is 86.5 cm³/mol. The molecule has 1 heterocycles. The quantitative estimate of drug-likeness (QED) is 0.890. The Balaban J connectivity index is 1.98. The molecule has 1 fully saturated rings. The number of hydrogen-bond donors (Lipinski definition) is 1. The fourth-order valence-corrected chi connectivity index (χ4v) is 2.75. The number of alkyl halides is 3. The molecule has 0 bridgehead atoms. The molecule has 2 rings (SSSR count). The Morgan fingerprint density at radius 1 is 1.25 bits per heavy atom. The minimum atomic E-state index is -4.44. The molecule has 1 atom stereocenters. The van der Waals surface area contributed by atoms with Gasteiger partial charge in [0.2, 0.25) is 0 Å². The van der Waals surface area contributed by atoms with Crippen LogP contribution in [0.5, 0.6) is 0 Å². The van der Waals surface area contributed by atoms with Gasteiger partial charge in [0, 0.05) is 20.1 Å². The van der Waals surface area contributed by atoms with E-state index in [-0.39, 0.29) is 6.54 Å². The van der Waals surface area contributed by atoms with E-state index in [1.165, 1.54) is 24.8 Å². The van der Waals surface area contributed by atoms with Gasteiger partial charge in [-0.2, -0.15) is 13.2 Å². The lowest BCUT2D eigenvalue weighted by Gasteiger charge is -2.24. The fraction of sp³-hybridized carbons (Fsp3) is 0.588. The molecular formula is C17H24F3N3O. The van der Waals surface area contributed by atoms with Crippen molar-refractivity contribution in [1.29, 1.82) is 0 Å². The maximum absolute atomic E-state index is 12.6. The van der Waals surface area contributed by atoms with E-state index in [4.69, 9.17) is 0 Å². The molecule has 134 valence electrons. The monoisotopic (exact) mass is 343 g/mol. The summed E-state index contributed by atoms with van der Waals surface area (Å²) in [7, 11) is 1.51. The van der Waals surface area contributed by atoms with E-state index in [2.05, 4.69) is 4.90 Å². The molecule has 4 nitrogen and oxygen atoms in total. The Kier molecular flexibility index (Phi) is 6.10. The number of urea groups is 1. The van der Waals surface area contributed by atoms with Crippen LogP contribution in [0.3, 0.4) is 0 Å². The summed E-state index contributed by atoms with van der Waals surface area (Å²) in [6.45, 7) is 4.15. The van der Waals surface area contributed by atoms with Gasteiger partial charge < -0.3 is 10.2 Å². The Morgan fingerprint density at radius 2 is 1.83 bits per heavy atom. The zero-order valence-corrected chi connectivity index (χ0v) is 14.1. The number of nitrogens with zero attached hydrogens (tertiary/aromatic N) is 2. The smallest absolute Gasteiger partial charge is 0.326 e. The van der Waals surface area contributed by atoms with Gasteiger partial charge in [-0.05, 0) is 44.0 Å². The van der Waals surface area contributed by atoms with Crippen LogP contribution < -0.4 is 5.32 Å². The van der Waals surface area contributed by atoms with E-state index in [1.807, 2.05) is 29.6 Å². The SMILES string of the molecule is C[C@H](NC(=O)N(C)Cc1ccccc1CN1CCCC1)C(F)(F)F. The number of carbonyl (C=O) groups excluding carboxylic acids is 1. The van der Waals surface area contributed by atoms with Crippen molar-refractivity contribution < 1.29 is 18.0 Å². The Hall–Kier alpha value is -1.76. The van der Waals surface area contributed by atoms with Crippen molar-refractivity contribution in [1.82, 2.24) is 15.1 Å². The van der Waals surface area contributed by atoms with Crippen molar-refractivity contribution in [2.45, 2.75) is 45.1 Å². The standard InChI is InChI=1S/C17H24F3N3O/c1-13(17(18,19)20)21-16(24)22(2)11-14-7-3-4-8-15(14)12-23-9-5-6-10-23/h3-4,7-8,13H,5-6,9-12H2,1-2H3,(H,21,24)/t13-/m0/s1. The largest absolute Gasteiger partial charge is 0.408 e. The first-order valence-corrected chi connectivity index (χ1v) is 8.15. The van der Waals surface area contributed by atoms with Gasteiger partial charge in [0.25, 0.3) is 0 Å². The Bertz CT molecular complexity index is 556. The molecule has 1 aromatic carbocycles. The molecule has 0 aromatic heterocycles. The van der Waals surface area contributed by atoms with Crippen molar-refractivity contribution in [3.05, 3.63) is 35.4 Å². The van der Waals surface area contributed by atoms with E-state index in [9.17, 15) is 18.0 Å². The van der Waals surface area contributed by atoms with Gasteiger partial charge in [-0.3, -0.25) is 4.90 Å². The van der Waals surface area contributed by atoms with E-state index < -0.39 is 18.2 Å². The average Bonchev–Trinajstić information content (AvgIpc) is 3.01. The van der Waals surface area contributed by atoms with Crippen molar-refractivity contribution in [2.75, 3.05) is 20.1 Å². The molecule has 0 unspecified atom stereocenters. The summed E-state index contributed by atoms with van der Waals surface area (Å²) in [5, 5.41) is 1.98. The number of rotatable bonds is 5. The molecule has 2 amide bonds. The lowest BCUT2D eigenvalue weighted by molar-refractivity contribution is -0.149. The van der Waals surface area contributed by atoms with Crippen molar-refractivity contribution >= 4 is 6.03 Å². The van der Waals surface area contributed by atoms with Gasteiger partial charge in [0.05, 0.1) is 0 Å². The second-order valence-corrected chi connectivity index (χ2v) is 6.32. The number of nitrogens with one attached hydrogen (secondary N) is 1. The van der Waals surface area contributed by atoms with Crippen molar-refractivity contribution in [3.8, 4) is 0 Å². The lowest BCUT2D eigenvalue weighted by atomic mass is 10.1. The van der Waals surface area contributed by atoms with E-state index in [0.29, 0.717) is 0 Å². The fourth-order valence-electron chi connectivity index (χ4n) is 2.75. The zero-order chi connectivity index (χ0) is 17.7. The summed E-state index contributed by atoms with van der Waals surface area (Å²) >= 11 is 0. The number of halogens is 3. The molecule has 0 spiro atoms. The molecule has 0 aliphatic carbocycles. The van der Waals surface area contributed by atoms with Crippen LogP contribution in [-0.2, 0) is 13.1 Å². The minimum absolute atomic E-state index is 0.278. The third kappa shape index (κ3) is 5.12. The second-order valence-electron chi connectivity index (χ2n) is 6.32. The molecule has 24 heavy (non-hydrogen) atoms. The third-order valence-corrected chi connectivity index (χ3v) is 4.30. The van der Waals surface area contributed by atoms with Crippen LogP contribution in [-0.4, -0.2) is 48.2 Å². The average molecular weight is 343 g/mol. The highest BCUT2D eigenvalue weighted by Gasteiger charge is 2.37. The molecule has 7 heteroatoms. The van der Waals surface area contributed by atoms with Crippen molar-refractivity contribution in [3.63, 3.8) is 0 Å². The number of carbonyl (C=O) groups is 1. The van der Waals surface area contributed by atoms with Gasteiger partial charge >= 0.3 is 12.2 Å². The molecule has 1 aromatic rings. The summed E-state index contributed by atoms with van der Waals surface area (Å²) in [6, 6.07) is 5.16. The molecule has 0 radical (unpaired) electrons. The first-order valence-electron chi connectivity index (χ1n) is 8.15. The summed E-state index contributed by atoms with van der Waals surface area (Å²) < 4.78 is 37.7. The van der Waals surface area contributed by atoms with Crippen LogP contribution in [0.4, 0.5) is 18.0 Å². The van der Waals surface area contributed by atoms with Crippen LogP contribution in [0, 0.1) is 0 Å². The van der Waals surface area contributed by atoms with Crippen LogP contribution in [0.1, 0.15) is 30.9 Å². The summed E-state index contributed by atoms with van der Waals surface area (Å²) in [6.07, 6.45) is -2.05. The molecule has 0 saturated carbocycles. The molecule has 1 N–H and O–H groups in total. The second kappa shape index (κ2) is 7.88. The predicted octanol–water partition coefficient (Wildman–Crippen LogP) is 3.37. The number of benzene rings is 1. The van der Waals surface area contributed by atoms with E-state index in [0.717, 1.165) is 37.7 Å². The number of likely N-dealkylation sites (tertiary alicyclic amines) is 1. The molecule has 1 aliphatic rings. The first-order chi connectivity index (χ1) is 11.3. The Morgan fingerprint density at radius 3 is 2.42 bits per heavy atom. The summed E-state index contributed by atoms with van der Waals surface area (Å²) in [4.78, 5) is 15.6. The Labute approximate surface area is 140 Å². The maximum Gasteiger partial charge on any atom is 0.408 e. The minimum Gasteiger partial charge on any atom is -0.326 e. The summed E-state index contributed by atoms with van der Waals surface area (Å²) in [5.74, 6) is 0. The lowest BCUT2D eigenvalue weighted by Crippen LogP contribution is -2.47. The number of amides is 2. The molecule has 1 aliphatic heterocycles. The highest BCUT2D eigenvalue weighted by molar-refractivity contribution is 5.74. The van der Waals surface area contributed by atoms with Gasteiger partial charge in [-0.15, -0.1) is 0 Å². The van der Waals surface area contributed by atoms with Gasteiger partial charge in [-0.25, -0.2) is 4.79 Å². The highest BCUT2D eigenvalue weighted by atomic mass is 19.4. The van der Waals surface area contributed by atoms with E-state index >= 15 is 0 Å². The van der Waals surface area contributed by atoms with Crippen LogP contribution >= 0.6 is 0 Å². The van der Waals surface area contributed by atoms with Crippen LogP contribution in [0.25, 0.3) is 0 Å². The molecule has 1 saturated heterocycles. The zero-order valence-electron chi connectivity index (χ0n) is 14.1. The van der Waals surface area contributed by atoms with Crippen molar-refractivity contribution in [2.24, 2.45) is 0 Å². The third-order valence-electron chi connectivity index (χ3n) is 4.30. The van der Waals surface area contributed by atoms with Crippen LogP contribution in [0.15, 0.2) is 24.3 Å². The maximum atomic E-state index is 12.6.